The van der Waals surface area contributed by atoms with Gasteiger partial charge in [-0.25, -0.2) is 0 Å². The van der Waals surface area contributed by atoms with Crippen LogP contribution in [0.2, 0.25) is 0 Å². The van der Waals surface area contributed by atoms with E-state index in [4.69, 9.17) is 0 Å². The monoisotopic (exact) mass is 408 g/mol. The molecule has 2 N–H and O–H groups in total. The summed E-state index contributed by atoms with van der Waals surface area (Å²) < 4.78 is 0.717. The molecule has 4 aromatic rings. The molecule has 28 heavy (non-hydrogen) atoms. The quantitative estimate of drug-likeness (QED) is 0.381. The van der Waals surface area contributed by atoms with Crippen LogP contribution in [0.3, 0.4) is 0 Å². The van der Waals surface area contributed by atoms with E-state index in [1.54, 1.807) is 18.2 Å². The fourth-order valence-corrected chi connectivity index (χ4v) is 4.42. The van der Waals surface area contributed by atoms with Crippen LogP contribution in [0.1, 0.15) is 21.6 Å². The van der Waals surface area contributed by atoms with Gasteiger partial charge >= 0.3 is 0 Å². The summed E-state index contributed by atoms with van der Waals surface area (Å²) in [6, 6.07) is 16.3. The molecular formula is C20H16N4O2S2. The Balaban J connectivity index is 1.45. The number of carbonyl (C=O) groups excluding carboxylic acids is 1. The first-order chi connectivity index (χ1) is 13.6. The fourth-order valence-electron chi connectivity index (χ4n) is 2.77. The Morgan fingerprint density at radius 3 is 2.79 bits per heavy atom. The van der Waals surface area contributed by atoms with Crippen LogP contribution in [0, 0.1) is 6.92 Å². The van der Waals surface area contributed by atoms with Crippen LogP contribution < -0.4 is 10.7 Å². The third-order valence-corrected chi connectivity index (χ3v) is 6.16. The van der Waals surface area contributed by atoms with Crippen molar-refractivity contribution < 1.29 is 4.79 Å². The van der Waals surface area contributed by atoms with Gasteiger partial charge in [-0.05, 0) is 30.7 Å². The first-order valence-electron chi connectivity index (χ1n) is 8.54. The van der Waals surface area contributed by atoms with Crippen molar-refractivity contribution in [2.75, 3.05) is 5.32 Å². The van der Waals surface area contributed by atoms with Crippen LogP contribution in [0.15, 0.2) is 63.7 Å². The third kappa shape index (κ3) is 3.97. The molecule has 2 aromatic heterocycles. The fraction of sp³-hybridized carbons (Fsp3) is 0.100. The van der Waals surface area contributed by atoms with Crippen molar-refractivity contribution in [2.45, 2.75) is 17.0 Å². The molecular weight excluding hydrogens is 392 g/mol. The summed E-state index contributed by atoms with van der Waals surface area (Å²) >= 11 is 2.77. The molecule has 1 amide bonds. The highest BCUT2D eigenvalue weighted by Gasteiger charge is 2.11. The lowest BCUT2D eigenvalue weighted by atomic mass is 10.1. The van der Waals surface area contributed by atoms with Crippen molar-refractivity contribution in [3.63, 3.8) is 0 Å². The summed E-state index contributed by atoms with van der Waals surface area (Å²) in [5.74, 6) is 0.337. The van der Waals surface area contributed by atoms with Gasteiger partial charge in [0.25, 0.3) is 5.91 Å². The number of amides is 1. The van der Waals surface area contributed by atoms with E-state index in [9.17, 15) is 9.59 Å². The lowest BCUT2D eigenvalue weighted by Crippen LogP contribution is -2.11. The number of nitrogens with one attached hydrogen (secondary N) is 2. The lowest BCUT2D eigenvalue weighted by molar-refractivity contribution is 0.102. The van der Waals surface area contributed by atoms with E-state index in [2.05, 4.69) is 20.5 Å². The maximum Gasteiger partial charge on any atom is 0.257 e. The standard InChI is InChI=1S/C20H16N4O2S2/c1-12-6-5-9-15-16(25)10-14(21-17(12)15)11-27-20-24-23-19(28-20)22-18(26)13-7-3-2-4-8-13/h2-10H,11H2,1H3,(H,21,25)(H,22,23,26). The predicted octanol–water partition coefficient (Wildman–Crippen LogP) is 4.23. The van der Waals surface area contributed by atoms with Crippen molar-refractivity contribution in [1.82, 2.24) is 15.2 Å². The van der Waals surface area contributed by atoms with Crippen molar-refractivity contribution in [2.24, 2.45) is 0 Å². The summed E-state index contributed by atoms with van der Waals surface area (Å²) in [5.41, 5.74) is 3.28. The summed E-state index contributed by atoms with van der Waals surface area (Å²) in [4.78, 5) is 27.8. The molecule has 0 aliphatic carbocycles. The Kier molecular flexibility index (Phi) is 5.23. The maximum absolute atomic E-state index is 12.3. The van der Waals surface area contributed by atoms with Gasteiger partial charge < -0.3 is 4.98 Å². The van der Waals surface area contributed by atoms with Crippen LogP contribution in [0.25, 0.3) is 10.9 Å². The number of anilines is 1. The minimum Gasteiger partial charge on any atom is -0.357 e. The average molecular weight is 409 g/mol. The van der Waals surface area contributed by atoms with E-state index in [1.807, 2.05) is 43.3 Å². The van der Waals surface area contributed by atoms with Crippen molar-refractivity contribution in [1.29, 1.82) is 0 Å². The van der Waals surface area contributed by atoms with Gasteiger partial charge in [0.1, 0.15) is 0 Å². The number of pyridine rings is 1. The molecule has 0 fully saturated rings. The minimum atomic E-state index is -0.220. The molecule has 140 valence electrons. The summed E-state index contributed by atoms with van der Waals surface area (Å²) in [5, 5.41) is 12.0. The highest BCUT2D eigenvalue weighted by Crippen LogP contribution is 2.28. The maximum atomic E-state index is 12.3. The molecule has 0 saturated heterocycles. The molecule has 6 nitrogen and oxygen atoms in total. The van der Waals surface area contributed by atoms with E-state index >= 15 is 0 Å². The number of nitrogens with zero attached hydrogens (tertiary/aromatic N) is 2. The first-order valence-corrected chi connectivity index (χ1v) is 10.3. The van der Waals surface area contributed by atoms with Gasteiger partial charge in [-0.15, -0.1) is 10.2 Å². The molecule has 0 atom stereocenters. The Labute approximate surface area is 169 Å². The average Bonchev–Trinajstić information content (AvgIpc) is 3.15. The van der Waals surface area contributed by atoms with Gasteiger partial charge in [0.2, 0.25) is 5.13 Å². The number of thioether (sulfide) groups is 1. The Hall–Kier alpha value is -2.97. The van der Waals surface area contributed by atoms with Crippen LogP contribution >= 0.6 is 23.1 Å². The molecule has 2 heterocycles. The molecule has 0 bridgehead atoms. The lowest BCUT2D eigenvalue weighted by Gasteiger charge is -2.05. The van der Waals surface area contributed by atoms with Crippen LogP contribution in [0.4, 0.5) is 5.13 Å². The van der Waals surface area contributed by atoms with Gasteiger partial charge in [0.05, 0.1) is 5.52 Å². The number of hydrogen-bond acceptors (Lipinski definition) is 6. The summed E-state index contributed by atoms with van der Waals surface area (Å²) in [7, 11) is 0. The van der Waals surface area contributed by atoms with Gasteiger partial charge in [0, 0.05) is 28.5 Å². The largest absolute Gasteiger partial charge is 0.357 e. The highest BCUT2D eigenvalue weighted by molar-refractivity contribution is 8.00. The molecule has 0 radical (unpaired) electrons. The minimum absolute atomic E-state index is 0.00104. The van der Waals surface area contributed by atoms with E-state index in [-0.39, 0.29) is 11.3 Å². The second-order valence-corrected chi connectivity index (χ2v) is 8.34. The molecule has 0 unspecified atom stereocenters. The number of benzene rings is 2. The number of aromatic nitrogens is 3. The predicted molar refractivity (Wildman–Crippen MR) is 113 cm³/mol. The highest BCUT2D eigenvalue weighted by atomic mass is 32.2. The number of carbonyl (C=O) groups is 1. The third-order valence-electron chi connectivity index (χ3n) is 4.14. The number of para-hydroxylation sites is 1. The number of hydrogen-bond donors (Lipinski definition) is 2. The second-order valence-electron chi connectivity index (χ2n) is 6.14. The molecule has 2 aromatic carbocycles. The molecule has 4 rings (SSSR count). The van der Waals surface area contributed by atoms with E-state index in [0.29, 0.717) is 26.2 Å². The van der Waals surface area contributed by atoms with E-state index in [1.165, 1.54) is 23.1 Å². The van der Waals surface area contributed by atoms with Gasteiger partial charge in [0.15, 0.2) is 9.77 Å². The van der Waals surface area contributed by atoms with Crippen LogP contribution in [-0.2, 0) is 5.75 Å². The van der Waals surface area contributed by atoms with Crippen molar-refractivity contribution >= 4 is 45.0 Å². The molecule has 0 aliphatic rings. The SMILES string of the molecule is Cc1cccc2c(=O)cc(CSc3nnc(NC(=O)c4ccccc4)s3)[nH]c12. The van der Waals surface area contributed by atoms with Gasteiger partial charge in [-0.2, -0.15) is 0 Å². The number of aryl methyl sites for hydroxylation is 1. The van der Waals surface area contributed by atoms with Crippen LogP contribution in [-0.4, -0.2) is 21.1 Å². The zero-order chi connectivity index (χ0) is 19.5. The normalized spacial score (nSPS) is 10.9. The number of fused-ring (bicyclic) bond motifs is 1. The molecule has 0 spiro atoms. The zero-order valence-corrected chi connectivity index (χ0v) is 16.6. The van der Waals surface area contributed by atoms with Crippen LogP contribution in [0.5, 0.6) is 0 Å². The topological polar surface area (TPSA) is 87.7 Å². The first kappa shape index (κ1) is 18.4. The Morgan fingerprint density at radius 2 is 1.96 bits per heavy atom. The summed E-state index contributed by atoms with van der Waals surface area (Å²) in [6.07, 6.45) is 0. The van der Waals surface area contributed by atoms with E-state index in [0.717, 1.165) is 16.8 Å². The van der Waals surface area contributed by atoms with Gasteiger partial charge in [-0.3, -0.25) is 14.9 Å². The molecule has 0 saturated carbocycles. The van der Waals surface area contributed by atoms with E-state index < -0.39 is 0 Å². The molecule has 8 heteroatoms. The smallest absolute Gasteiger partial charge is 0.257 e. The Morgan fingerprint density at radius 1 is 1.14 bits per heavy atom. The molecule has 0 aliphatic heterocycles. The van der Waals surface area contributed by atoms with Crippen molar-refractivity contribution in [3.05, 3.63) is 81.6 Å². The number of H-pyrrole nitrogens is 1. The number of rotatable bonds is 5. The summed E-state index contributed by atoms with van der Waals surface area (Å²) in [6.45, 7) is 1.97. The van der Waals surface area contributed by atoms with Gasteiger partial charge in [-0.1, -0.05) is 53.4 Å². The number of aromatic amines is 1. The Bertz CT molecular complexity index is 1200. The zero-order valence-electron chi connectivity index (χ0n) is 14.9. The second kappa shape index (κ2) is 7.95. The van der Waals surface area contributed by atoms with Crippen molar-refractivity contribution in [3.8, 4) is 0 Å².